The summed E-state index contributed by atoms with van der Waals surface area (Å²) in [6.07, 6.45) is 1.42. The van der Waals surface area contributed by atoms with Crippen LogP contribution in [0.2, 0.25) is 0 Å². The number of urea groups is 1. The maximum absolute atomic E-state index is 11.6. The molecule has 0 aliphatic heterocycles. The zero-order valence-electron chi connectivity index (χ0n) is 10.8. The summed E-state index contributed by atoms with van der Waals surface area (Å²) in [5, 5.41) is 28.0. The van der Waals surface area contributed by atoms with Crippen LogP contribution in [0.5, 0.6) is 0 Å². The Morgan fingerprint density at radius 2 is 1.79 bits per heavy atom. The van der Waals surface area contributed by atoms with Crippen molar-refractivity contribution in [3.63, 3.8) is 0 Å². The van der Waals surface area contributed by atoms with Gasteiger partial charge in [-0.05, 0) is 19.3 Å². The second kappa shape index (κ2) is 9.15. The number of aliphatic carboxylic acids is 2. The smallest absolute Gasteiger partial charge is 0.326 e. The van der Waals surface area contributed by atoms with E-state index in [9.17, 15) is 14.4 Å². The lowest BCUT2D eigenvalue weighted by atomic mass is 10.2. The number of aliphatic hydroxyl groups is 1. The van der Waals surface area contributed by atoms with E-state index in [0.29, 0.717) is 19.4 Å². The SMILES string of the molecule is CN(CCCCCO)C(=O)N[C@@H](CC(=O)O)C(=O)O. The van der Waals surface area contributed by atoms with Crippen LogP contribution < -0.4 is 5.32 Å². The third kappa shape index (κ3) is 7.98. The van der Waals surface area contributed by atoms with Gasteiger partial charge in [-0.1, -0.05) is 0 Å². The molecule has 0 saturated carbocycles. The molecule has 0 rings (SSSR count). The summed E-state index contributed by atoms with van der Waals surface area (Å²) < 4.78 is 0. The maximum atomic E-state index is 11.6. The molecular formula is C11H20N2O6. The highest BCUT2D eigenvalue weighted by Crippen LogP contribution is 1.99. The van der Waals surface area contributed by atoms with Crippen molar-refractivity contribution in [1.29, 1.82) is 0 Å². The molecule has 0 radical (unpaired) electrons. The minimum Gasteiger partial charge on any atom is -0.481 e. The fourth-order valence-corrected chi connectivity index (χ4v) is 1.37. The molecule has 2 amide bonds. The molecule has 19 heavy (non-hydrogen) atoms. The lowest BCUT2D eigenvalue weighted by Gasteiger charge is -2.20. The Morgan fingerprint density at radius 3 is 2.26 bits per heavy atom. The van der Waals surface area contributed by atoms with E-state index in [-0.39, 0.29) is 6.61 Å². The second-order valence-corrected chi connectivity index (χ2v) is 4.14. The van der Waals surface area contributed by atoms with Gasteiger partial charge in [-0.15, -0.1) is 0 Å². The number of unbranched alkanes of at least 4 members (excludes halogenated alkanes) is 2. The molecule has 4 N–H and O–H groups in total. The van der Waals surface area contributed by atoms with Gasteiger partial charge in [-0.25, -0.2) is 9.59 Å². The minimum atomic E-state index is -1.44. The Bertz CT molecular complexity index is 320. The van der Waals surface area contributed by atoms with Crippen LogP contribution >= 0.6 is 0 Å². The van der Waals surface area contributed by atoms with Crippen molar-refractivity contribution >= 4 is 18.0 Å². The predicted octanol–water partition coefficient (Wildman–Crippen LogP) is -0.282. The van der Waals surface area contributed by atoms with Crippen molar-refractivity contribution < 1.29 is 29.7 Å². The molecule has 0 heterocycles. The number of carboxylic acid groups (broad SMARTS) is 2. The number of carbonyl (C=O) groups excluding carboxylic acids is 1. The molecule has 0 aromatic rings. The van der Waals surface area contributed by atoms with Crippen LogP contribution in [0.1, 0.15) is 25.7 Å². The number of nitrogens with one attached hydrogen (secondary N) is 1. The molecule has 8 heteroatoms. The van der Waals surface area contributed by atoms with E-state index in [2.05, 4.69) is 5.32 Å². The summed E-state index contributed by atoms with van der Waals surface area (Å²) in [5.74, 6) is -2.68. The van der Waals surface area contributed by atoms with Crippen LogP contribution in [0.15, 0.2) is 0 Å². The Hall–Kier alpha value is -1.83. The highest BCUT2D eigenvalue weighted by molar-refractivity contribution is 5.86. The maximum Gasteiger partial charge on any atom is 0.326 e. The number of hydrogen-bond acceptors (Lipinski definition) is 4. The third-order valence-electron chi connectivity index (χ3n) is 2.47. The van der Waals surface area contributed by atoms with E-state index < -0.39 is 30.4 Å². The molecule has 8 nitrogen and oxygen atoms in total. The van der Waals surface area contributed by atoms with Gasteiger partial charge < -0.3 is 25.5 Å². The summed E-state index contributed by atoms with van der Waals surface area (Å²) >= 11 is 0. The molecule has 1 atom stereocenters. The van der Waals surface area contributed by atoms with Gasteiger partial charge in [-0.2, -0.15) is 0 Å². The molecule has 0 fully saturated rings. The third-order valence-corrected chi connectivity index (χ3v) is 2.47. The number of nitrogens with zero attached hydrogens (tertiary/aromatic N) is 1. The number of carboxylic acids is 2. The highest BCUT2D eigenvalue weighted by atomic mass is 16.4. The average Bonchev–Trinajstić information content (AvgIpc) is 2.32. The van der Waals surface area contributed by atoms with Gasteiger partial charge in [0.2, 0.25) is 0 Å². The van der Waals surface area contributed by atoms with Gasteiger partial charge in [-0.3, -0.25) is 4.79 Å². The number of aliphatic hydroxyl groups excluding tert-OH is 1. The molecular weight excluding hydrogens is 256 g/mol. The fourth-order valence-electron chi connectivity index (χ4n) is 1.37. The molecule has 0 saturated heterocycles. The van der Waals surface area contributed by atoms with Gasteiger partial charge >= 0.3 is 18.0 Å². The van der Waals surface area contributed by atoms with Gasteiger partial charge in [0.25, 0.3) is 0 Å². The molecule has 110 valence electrons. The Morgan fingerprint density at radius 1 is 1.16 bits per heavy atom. The molecule has 0 unspecified atom stereocenters. The highest BCUT2D eigenvalue weighted by Gasteiger charge is 2.24. The Kier molecular flexibility index (Phi) is 8.27. The largest absolute Gasteiger partial charge is 0.481 e. The lowest BCUT2D eigenvalue weighted by Crippen LogP contribution is -2.47. The monoisotopic (exact) mass is 276 g/mol. The van der Waals surface area contributed by atoms with Crippen molar-refractivity contribution in [2.45, 2.75) is 31.7 Å². The van der Waals surface area contributed by atoms with E-state index in [4.69, 9.17) is 15.3 Å². The van der Waals surface area contributed by atoms with Crippen molar-refractivity contribution in [2.75, 3.05) is 20.2 Å². The molecule has 0 aliphatic carbocycles. The topological polar surface area (TPSA) is 127 Å². The van der Waals surface area contributed by atoms with Gasteiger partial charge in [0.05, 0.1) is 6.42 Å². The summed E-state index contributed by atoms with van der Waals surface area (Å²) in [6, 6.07) is -2.07. The second-order valence-electron chi connectivity index (χ2n) is 4.14. The Balaban J connectivity index is 4.16. The summed E-state index contributed by atoms with van der Waals surface area (Å²) in [6.45, 7) is 0.501. The van der Waals surface area contributed by atoms with Crippen molar-refractivity contribution in [1.82, 2.24) is 10.2 Å². The molecule has 0 aliphatic rings. The number of hydrogen-bond donors (Lipinski definition) is 4. The summed E-state index contributed by atoms with van der Waals surface area (Å²) in [4.78, 5) is 34.1. The first-order chi connectivity index (χ1) is 8.88. The van der Waals surface area contributed by atoms with E-state index in [1.54, 1.807) is 0 Å². The normalized spacial score (nSPS) is 11.7. The van der Waals surface area contributed by atoms with Crippen molar-refractivity contribution in [3.8, 4) is 0 Å². The first-order valence-corrected chi connectivity index (χ1v) is 5.95. The van der Waals surface area contributed by atoms with Crippen LogP contribution in [-0.4, -0.2) is 64.4 Å². The van der Waals surface area contributed by atoms with Crippen molar-refractivity contribution in [3.05, 3.63) is 0 Å². The molecule has 0 spiro atoms. The van der Waals surface area contributed by atoms with Crippen LogP contribution in [0, 0.1) is 0 Å². The van der Waals surface area contributed by atoms with E-state index >= 15 is 0 Å². The number of carbonyl (C=O) groups is 3. The number of rotatable bonds is 9. The summed E-state index contributed by atoms with van der Waals surface area (Å²) in [7, 11) is 1.49. The van der Waals surface area contributed by atoms with Crippen LogP contribution in [0.3, 0.4) is 0 Å². The van der Waals surface area contributed by atoms with Gasteiger partial charge in [0.1, 0.15) is 6.04 Å². The zero-order valence-corrected chi connectivity index (χ0v) is 10.8. The molecule has 0 aromatic heterocycles. The zero-order chi connectivity index (χ0) is 14.8. The quantitative estimate of drug-likeness (QED) is 0.429. The van der Waals surface area contributed by atoms with E-state index in [1.165, 1.54) is 11.9 Å². The van der Waals surface area contributed by atoms with Crippen molar-refractivity contribution in [2.24, 2.45) is 0 Å². The predicted molar refractivity (Wildman–Crippen MR) is 65.8 cm³/mol. The number of amides is 2. The van der Waals surface area contributed by atoms with Gasteiger partial charge in [0, 0.05) is 20.2 Å². The van der Waals surface area contributed by atoms with Crippen LogP contribution in [0.4, 0.5) is 4.79 Å². The van der Waals surface area contributed by atoms with Crippen LogP contribution in [0.25, 0.3) is 0 Å². The Labute approximate surface area is 111 Å². The molecule has 0 bridgehead atoms. The standard InChI is InChI=1S/C11H20N2O6/c1-13(5-3-2-4-6-14)11(19)12-8(10(17)18)7-9(15)16/h8,14H,2-7H2,1H3,(H,12,19)(H,15,16)(H,17,18)/t8-/m0/s1. The van der Waals surface area contributed by atoms with E-state index in [1.807, 2.05) is 0 Å². The lowest BCUT2D eigenvalue weighted by molar-refractivity contribution is -0.145. The average molecular weight is 276 g/mol. The molecule has 0 aromatic carbocycles. The minimum absolute atomic E-state index is 0.0929. The van der Waals surface area contributed by atoms with E-state index in [0.717, 1.165) is 6.42 Å². The van der Waals surface area contributed by atoms with Crippen LogP contribution in [-0.2, 0) is 9.59 Å². The first-order valence-electron chi connectivity index (χ1n) is 5.95. The fraction of sp³-hybridized carbons (Fsp3) is 0.727. The summed E-state index contributed by atoms with van der Waals surface area (Å²) in [5.41, 5.74) is 0. The first kappa shape index (κ1) is 17.2. The van der Waals surface area contributed by atoms with Gasteiger partial charge in [0.15, 0.2) is 0 Å².